The molecule has 0 saturated carbocycles. The van der Waals surface area contributed by atoms with Gasteiger partial charge in [-0.05, 0) is 18.6 Å². The van der Waals surface area contributed by atoms with E-state index in [-0.39, 0.29) is 23.0 Å². The maximum atomic E-state index is 14.7. The summed E-state index contributed by atoms with van der Waals surface area (Å²) in [5, 5.41) is 12.8. The molecule has 0 spiro atoms. The van der Waals surface area contributed by atoms with Gasteiger partial charge in [0.25, 0.3) is 0 Å². The number of hydrogen-bond acceptors (Lipinski definition) is 6. The first-order chi connectivity index (χ1) is 14.4. The average molecular weight is 423 g/mol. The van der Waals surface area contributed by atoms with Crippen molar-refractivity contribution in [1.82, 2.24) is 34.7 Å². The van der Waals surface area contributed by atoms with Crippen LogP contribution in [0, 0.1) is 25.1 Å². The number of terminal acetylenes is 1. The van der Waals surface area contributed by atoms with Crippen molar-refractivity contribution in [3.63, 3.8) is 0 Å². The molecule has 0 radical (unpaired) electrons. The lowest BCUT2D eigenvalue weighted by molar-refractivity contribution is 0.622. The minimum atomic E-state index is -0.766. The van der Waals surface area contributed by atoms with Crippen molar-refractivity contribution >= 4 is 17.4 Å². The summed E-state index contributed by atoms with van der Waals surface area (Å²) < 4.78 is 17.8. The predicted molar refractivity (Wildman–Crippen MR) is 111 cm³/mol. The average Bonchev–Trinajstić information content (AvgIpc) is 3.30. The highest BCUT2D eigenvalue weighted by Crippen LogP contribution is 2.28. The van der Waals surface area contributed by atoms with E-state index >= 15 is 0 Å². The highest BCUT2D eigenvalue weighted by atomic mass is 35.5. The van der Waals surface area contributed by atoms with E-state index in [1.54, 1.807) is 36.1 Å². The molecular weight excluding hydrogens is 407 g/mol. The van der Waals surface area contributed by atoms with Crippen molar-refractivity contribution in [2.45, 2.75) is 13.5 Å². The number of nitrogens with zero attached hydrogens (tertiary/aromatic N) is 7. The van der Waals surface area contributed by atoms with Crippen molar-refractivity contribution in [3.8, 4) is 35.1 Å². The highest BCUT2D eigenvalue weighted by Gasteiger charge is 2.19. The Morgan fingerprint density at radius 1 is 1.30 bits per heavy atom. The summed E-state index contributed by atoms with van der Waals surface area (Å²) in [5.74, 6) is 1.81. The molecule has 0 saturated heterocycles. The third-order valence-corrected chi connectivity index (χ3v) is 4.94. The van der Waals surface area contributed by atoms with Gasteiger partial charge < -0.3 is 5.73 Å². The fourth-order valence-electron chi connectivity index (χ4n) is 3.02. The standard InChI is InChI=1S/C20H16ClFN8/c1-4-12-6-5-7-14(11(12)2)20-24-18(17(22)19(23)25-20)15-10-30(28-26-15)9-13-8-16(21)29(3)27-13/h1,5-8,10H,9H2,2-3H3,(H2,23,24,25). The highest BCUT2D eigenvalue weighted by molar-refractivity contribution is 6.29. The van der Waals surface area contributed by atoms with Gasteiger partial charge in [0, 0.05) is 24.2 Å². The molecule has 1 aromatic carbocycles. The SMILES string of the molecule is C#Cc1cccc(-c2nc(N)c(F)c(-c3cn(Cc4cc(Cl)n(C)n4)nn3)n2)c1C. The monoisotopic (exact) mass is 422 g/mol. The molecule has 3 heterocycles. The first-order valence-electron chi connectivity index (χ1n) is 8.86. The molecule has 30 heavy (non-hydrogen) atoms. The number of aryl methyl sites for hydroxylation is 1. The van der Waals surface area contributed by atoms with E-state index in [1.807, 2.05) is 13.0 Å². The number of hydrogen-bond donors (Lipinski definition) is 1. The van der Waals surface area contributed by atoms with Gasteiger partial charge >= 0.3 is 0 Å². The van der Waals surface area contributed by atoms with E-state index < -0.39 is 5.82 Å². The zero-order valence-corrected chi connectivity index (χ0v) is 16.9. The number of benzene rings is 1. The number of nitrogens with two attached hydrogens (primary N) is 1. The molecule has 3 aromatic heterocycles. The molecule has 10 heteroatoms. The smallest absolute Gasteiger partial charge is 0.193 e. The van der Waals surface area contributed by atoms with Gasteiger partial charge in [-0.3, -0.25) is 4.68 Å². The van der Waals surface area contributed by atoms with Crippen LogP contribution in [-0.2, 0) is 13.6 Å². The Balaban J connectivity index is 1.74. The fourth-order valence-corrected chi connectivity index (χ4v) is 3.18. The summed E-state index contributed by atoms with van der Waals surface area (Å²) in [4.78, 5) is 8.45. The van der Waals surface area contributed by atoms with Crippen LogP contribution in [0.15, 0.2) is 30.5 Å². The maximum Gasteiger partial charge on any atom is 0.193 e. The van der Waals surface area contributed by atoms with E-state index in [0.29, 0.717) is 28.5 Å². The lowest BCUT2D eigenvalue weighted by atomic mass is 10.0. The first kappa shape index (κ1) is 19.5. The van der Waals surface area contributed by atoms with E-state index in [4.69, 9.17) is 23.8 Å². The number of anilines is 1. The zero-order chi connectivity index (χ0) is 21.4. The second-order valence-electron chi connectivity index (χ2n) is 6.60. The number of aromatic nitrogens is 7. The third kappa shape index (κ3) is 3.49. The summed E-state index contributed by atoms with van der Waals surface area (Å²) in [5.41, 5.74) is 8.83. The quantitative estimate of drug-likeness (QED) is 0.507. The minimum Gasteiger partial charge on any atom is -0.381 e. The molecule has 0 unspecified atom stereocenters. The van der Waals surface area contributed by atoms with Gasteiger partial charge in [0.05, 0.1) is 18.4 Å². The van der Waals surface area contributed by atoms with E-state index in [0.717, 1.165) is 5.56 Å². The zero-order valence-electron chi connectivity index (χ0n) is 16.1. The summed E-state index contributed by atoms with van der Waals surface area (Å²) in [6.45, 7) is 2.16. The topological polar surface area (TPSA) is 100 Å². The molecular formula is C20H16ClFN8. The van der Waals surface area contributed by atoms with Crippen LogP contribution in [0.25, 0.3) is 22.8 Å². The van der Waals surface area contributed by atoms with E-state index in [1.165, 1.54) is 4.68 Å². The van der Waals surface area contributed by atoms with Crippen molar-refractivity contribution in [3.05, 3.63) is 58.3 Å². The molecule has 0 aliphatic heterocycles. The molecule has 0 bridgehead atoms. The number of rotatable bonds is 4. The fraction of sp³-hybridized carbons (Fsp3) is 0.150. The molecule has 150 valence electrons. The maximum absolute atomic E-state index is 14.7. The Morgan fingerprint density at radius 2 is 2.10 bits per heavy atom. The first-order valence-corrected chi connectivity index (χ1v) is 9.23. The van der Waals surface area contributed by atoms with Gasteiger partial charge in [0.1, 0.15) is 16.5 Å². The van der Waals surface area contributed by atoms with Crippen molar-refractivity contribution in [1.29, 1.82) is 0 Å². The Hall–Kier alpha value is -3.77. The van der Waals surface area contributed by atoms with Crippen LogP contribution in [0.1, 0.15) is 16.8 Å². The molecule has 4 aromatic rings. The van der Waals surface area contributed by atoms with Gasteiger partial charge in [0.2, 0.25) is 0 Å². The van der Waals surface area contributed by atoms with E-state index in [2.05, 4.69) is 31.3 Å². The Bertz CT molecular complexity index is 1280. The molecule has 0 aliphatic rings. The third-order valence-electron chi connectivity index (χ3n) is 4.59. The van der Waals surface area contributed by atoms with Crippen LogP contribution in [0.3, 0.4) is 0 Å². The van der Waals surface area contributed by atoms with Crippen LogP contribution >= 0.6 is 11.6 Å². The molecule has 0 amide bonds. The molecule has 4 rings (SSSR count). The molecule has 0 atom stereocenters. The van der Waals surface area contributed by atoms with Gasteiger partial charge in [-0.1, -0.05) is 34.9 Å². The summed E-state index contributed by atoms with van der Waals surface area (Å²) in [6, 6.07) is 7.11. The van der Waals surface area contributed by atoms with Crippen LogP contribution < -0.4 is 5.73 Å². The van der Waals surface area contributed by atoms with Gasteiger partial charge in [-0.2, -0.15) is 5.10 Å². The Morgan fingerprint density at radius 3 is 2.80 bits per heavy atom. The van der Waals surface area contributed by atoms with Gasteiger partial charge in [-0.25, -0.2) is 19.0 Å². The molecule has 0 aliphatic carbocycles. The van der Waals surface area contributed by atoms with Crippen LogP contribution in [-0.4, -0.2) is 34.7 Å². The molecule has 8 nitrogen and oxygen atoms in total. The molecule has 2 N–H and O–H groups in total. The summed E-state index contributed by atoms with van der Waals surface area (Å²) in [7, 11) is 1.73. The van der Waals surface area contributed by atoms with Crippen molar-refractivity contribution in [2.24, 2.45) is 7.05 Å². The Kier molecular flexibility index (Phi) is 4.93. The van der Waals surface area contributed by atoms with Gasteiger partial charge in [-0.15, -0.1) is 11.5 Å². The van der Waals surface area contributed by atoms with E-state index in [9.17, 15) is 4.39 Å². The predicted octanol–water partition coefficient (Wildman–Crippen LogP) is 2.85. The van der Waals surface area contributed by atoms with Crippen molar-refractivity contribution < 1.29 is 4.39 Å². The summed E-state index contributed by atoms with van der Waals surface area (Å²) in [6.07, 6.45) is 7.10. The van der Waals surface area contributed by atoms with Gasteiger partial charge in [0.15, 0.2) is 17.5 Å². The number of halogens is 2. The van der Waals surface area contributed by atoms with Crippen molar-refractivity contribution in [2.75, 3.05) is 5.73 Å². The second kappa shape index (κ2) is 7.57. The lowest BCUT2D eigenvalue weighted by Crippen LogP contribution is -2.04. The number of nitrogen functional groups attached to an aromatic ring is 1. The minimum absolute atomic E-state index is 0.0479. The summed E-state index contributed by atoms with van der Waals surface area (Å²) >= 11 is 6.01. The normalized spacial score (nSPS) is 10.9. The molecule has 0 fully saturated rings. The Labute approximate surface area is 176 Å². The van der Waals surface area contributed by atoms with Crippen LogP contribution in [0.4, 0.5) is 10.2 Å². The van der Waals surface area contributed by atoms with Crippen LogP contribution in [0.5, 0.6) is 0 Å². The second-order valence-corrected chi connectivity index (χ2v) is 6.99. The lowest BCUT2D eigenvalue weighted by Gasteiger charge is -2.09. The largest absolute Gasteiger partial charge is 0.381 e. The van der Waals surface area contributed by atoms with Crippen LogP contribution in [0.2, 0.25) is 5.15 Å².